The molecule has 0 atom stereocenters. The van der Waals surface area contributed by atoms with Gasteiger partial charge in [-0.15, -0.1) is 11.8 Å². The fraction of sp³-hybridized carbons (Fsp3) is 0.375. The van der Waals surface area contributed by atoms with E-state index in [4.69, 9.17) is 5.73 Å². The Bertz CT molecular complexity index is 226. The van der Waals surface area contributed by atoms with E-state index in [2.05, 4.69) is 17.3 Å². The maximum absolute atomic E-state index is 5.47. The van der Waals surface area contributed by atoms with E-state index in [1.54, 1.807) is 11.8 Å². The van der Waals surface area contributed by atoms with Crippen LogP contribution in [0.25, 0.3) is 0 Å². The second-order valence-electron chi connectivity index (χ2n) is 2.34. The molecule has 1 heterocycles. The van der Waals surface area contributed by atoms with Crippen LogP contribution < -0.4 is 5.73 Å². The molecule has 0 bridgehead atoms. The average Bonchev–Trinajstić information content (AvgIpc) is 2.03. The zero-order valence-corrected chi connectivity index (χ0v) is 7.61. The van der Waals surface area contributed by atoms with Crippen LogP contribution in [0.2, 0.25) is 0 Å². The molecule has 0 aliphatic heterocycles. The third-order valence-electron chi connectivity index (χ3n) is 1.42. The minimum atomic E-state index is 0.523. The number of thioether (sulfide) groups is 1. The fourth-order valence-electron chi connectivity index (χ4n) is 0.925. The molecule has 0 unspecified atom stereocenters. The predicted octanol–water partition coefficient (Wildman–Crippen LogP) is 1.57. The number of hydrogen-bond acceptors (Lipinski definition) is 3. The lowest BCUT2D eigenvalue weighted by Gasteiger charge is -2.01. The van der Waals surface area contributed by atoms with Gasteiger partial charge in [-0.05, 0) is 25.3 Å². The molecule has 0 radical (unpaired) electrons. The monoisotopic (exact) mass is 168 g/mol. The van der Waals surface area contributed by atoms with Gasteiger partial charge in [-0.3, -0.25) is 4.98 Å². The van der Waals surface area contributed by atoms with Crippen LogP contribution in [0.1, 0.15) is 11.4 Å². The Hall–Kier alpha value is -0.540. The Balaban J connectivity index is 3.02. The first-order valence-electron chi connectivity index (χ1n) is 3.48. The summed E-state index contributed by atoms with van der Waals surface area (Å²) in [4.78, 5) is 5.50. The fourth-order valence-corrected chi connectivity index (χ4v) is 1.47. The summed E-state index contributed by atoms with van der Waals surface area (Å²) in [6, 6.07) is 4.08. The van der Waals surface area contributed by atoms with Crippen LogP contribution in [0.15, 0.2) is 17.0 Å². The van der Waals surface area contributed by atoms with Crippen molar-refractivity contribution < 1.29 is 0 Å². The summed E-state index contributed by atoms with van der Waals surface area (Å²) in [5.41, 5.74) is 7.48. The molecule has 0 aliphatic rings. The molecule has 60 valence electrons. The molecule has 0 aliphatic carbocycles. The minimum Gasteiger partial charge on any atom is -0.325 e. The average molecular weight is 168 g/mol. The molecule has 3 heteroatoms. The molecule has 11 heavy (non-hydrogen) atoms. The summed E-state index contributed by atoms with van der Waals surface area (Å²) in [5, 5.41) is 0. The maximum Gasteiger partial charge on any atom is 0.0553 e. The number of hydrogen-bond donors (Lipinski definition) is 1. The van der Waals surface area contributed by atoms with Crippen molar-refractivity contribution in [3.8, 4) is 0 Å². The van der Waals surface area contributed by atoms with E-state index in [0.717, 1.165) is 11.4 Å². The highest BCUT2D eigenvalue weighted by atomic mass is 32.2. The molecule has 0 aromatic carbocycles. The van der Waals surface area contributed by atoms with Gasteiger partial charge >= 0.3 is 0 Å². The smallest absolute Gasteiger partial charge is 0.0553 e. The first-order chi connectivity index (χ1) is 5.26. The molecule has 0 saturated carbocycles. The van der Waals surface area contributed by atoms with Gasteiger partial charge < -0.3 is 5.73 Å². The molecule has 1 rings (SSSR count). The van der Waals surface area contributed by atoms with E-state index in [9.17, 15) is 0 Å². The molecule has 0 spiro atoms. The van der Waals surface area contributed by atoms with Crippen LogP contribution in [0.4, 0.5) is 0 Å². The van der Waals surface area contributed by atoms with Crippen molar-refractivity contribution in [1.29, 1.82) is 0 Å². The van der Waals surface area contributed by atoms with Crippen molar-refractivity contribution in [3.63, 3.8) is 0 Å². The summed E-state index contributed by atoms with van der Waals surface area (Å²) in [6.45, 7) is 2.51. The van der Waals surface area contributed by atoms with Crippen molar-refractivity contribution in [2.45, 2.75) is 18.4 Å². The van der Waals surface area contributed by atoms with E-state index in [0.29, 0.717) is 6.54 Å². The van der Waals surface area contributed by atoms with Crippen molar-refractivity contribution in [3.05, 3.63) is 23.5 Å². The normalized spacial score (nSPS) is 10.1. The number of aromatic nitrogens is 1. The molecule has 2 nitrogen and oxygen atoms in total. The van der Waals surface area contributed by atoms with Crippen molar-refractivity contribution in [2.24, 2.45) is 5.73 Å². The Morgan fingerprint density at radius 2 is 2.27 bits per heavy atom. The summed E-state index contributed by atoms with van der Waals surface area (Å²) in [7, 11) is 0. The van der Waals surface area contributed by atoms with Gasteiger partial charge in [-0.2, -0.15) is 0 Å². The van der Waals surface area contributed by atoms with E-state index >= 15 is 0 Å². The Morgan fingerprint density at radius 3 is 2.82 bits per heavy atom. The van der Waals surface area contributed by atoms with Gasteiger partial charge in [0.25, 0.3) is 0 Å². The van der Waals surface area contributed by atoms with Gasteiger partial charge in [0, 0.05) is 17.1 Å². The second kappa shape index (κ2) is 3.74. The van der Waals surface area contributed by atoms with Crippen LogP contribution in [-0.2, 0) is 6.54 Å². The number of pyridine rings is 1. The van der Waals surface area contributed by atoms with Gasteiger partial charge in [0.1, 0.15) is 0 Å². The van der Waals surface area contributed by atoms with Gasteiger partial charge in [-0.25, -0.2) is 0 Å². The zero-order chi connectivity index (χ0) is 8.27. The number of nitrogens with zero attached hydrogens (tertiary/aromatic N) is 1. The van der Waals surface area contributed by atoms with Gasteiger partial charge in [0.15, 0.2) is 0 Å². The van der Waals surface area contributed by atoms with Gasteiger partial charge in [0.2, 0.25) is 0 Å². The first kappa shape index (κ1) is 8.56. The second-order valence-corrected chi connectivity index (χ2v) is 3.22. The van der Waals surface area contributed by atoms with Crippen molar-refractivity contribution in [2.75, 3.05) is 6.26 Å². The molecule has 2 N–H and O–H groups in total. The van der Waals surface area contributed by atoms with Crippen LogP contribution in [-0.4, -0.2) is 11.2 Å². The number of aryl methyl sites for hydroxylation is 1. The Labute approximate surface area is 71.2 Å². The topological polar surface area (TPSA) is 38.9 Å². The summed E-state index contributed by atoms with van der Waals surface area (Å²) in [6.07, 6.45) is 2.05. The van der Waals surface area contributed by atoms with Gasteiger partial charge in [0.05, 0.1) is 5.69 Å². The molecule has 0 amide bonds. The molecule has 0 fully saturated rings. The lowest BCUT2D eigenvalue weighted by atomic mass is 10.3. The summed E-state index contributed by atoms with van der Waals surface area (Å²) >= 11 is 1.72. The third kappa shape index (κ3) is 2.20. The van der Waals surface area contributed by atoms with E-state index in [-0.39, 0.29) is 0 Å². The Morgan fingerprint density at radius 1 is 1.55 bits per heavy atom. The molecular formula is C8H12N2S. The lowest BCUT2D eigenvalue weighted by molar-refractivity contribution is 0.954. The highest BCUT2D eigenvalue weighted by molar-refractivity contribution is 7.98. The third-order valence-corrected chi connectivity index (χ3v) is 2.13. The standard InChI is InChI=1S/C8H12N2S/c1-6-3-8(11-2)4-7(5-9)10-6/h3-4H,5,9H2,1-2H3. The number of rotatable bonds is 2. The predicted molar refractivity (Wildman–Crippen MR) is 48.6 cm³/mol. The minimum absolute atomic E-state index is 0.523. The largest absolute Gasteiger partial charge is 0.325 e. The highest BCUT2D eigenvalue weighted by Gasteiger charge is 1.96. The summed E-state index contributed by atoms with van der Waals surface area (Å²) < 4.78 is 0. The van der Waals surface area contributed by atoms with Crippen LogP contribution in [0.3, 0.4) is 0 Å². The quantitative estimate of drug-likeness (QED) is 0.681. The number of nitrogens with two attached hydrogens (primary N) is 1. The maximum atomic E-state index is 5.47. The van der Waals surface area contributed by atoms with E-state index in [1.807, 2.05) is 13.0 Å². The summed E-state index contributed by atoms with van der Waals surface area (Å²) in [5.74, 6) is 0. The zero-order valence-electron chi connectivity index (χ0n) is 6.79. The molecular weight excluding hydrogens is 156 g/mol. The molecule has 1 aromatic heterocycles. The van der Waals surface area contributed by atoms with Crippen molar-refractivity contribution >= 4 is 11.8 Å². The van der Waals surface area contributed by atoms with Crippen LogP contribution in [0.5, 0.6) is 0 Å². The van der Waals surface area contributed by atoms with Crippen molar-refractivity contribution in [1.82, 2.24) is 4.98 Å². The lowest BCUT2D eigenvalue weighted by Crippen LogP contribution is -2.00. The first-order valence-corrected chi connectivity index (χ1v) is 4.70. The van der Waals surface area contributed by atoms with E-state index < -0.39 is 0 Å². The van der Waals surface area contributed by atoms with Crippen LogP contribution in [0, 0.1) is 6.92 Å². The van der Waals surface area contributed by atoms with Gasteiger partial charge in [-0.1, -0.05) is 0 Å². The molecule has 1 aromatic rings. The SMILES string of the molecule is CSc1cc(C)nc(CN)c1. The molecule has 0 saturated heterocycles. The Kier molecular flexibility index (Phi) is 2.91. The highest BCUT2D eigenvalue weighted by Crippen LogP contribution is 2.15. The van der Waals surface area contributed by atoms with E-state index in [1.165, 1.54) is 4.90 Å². The van der Waals surface area contributed by atoms with Crippen LogP contribution >= 0.6 is 11.8 Å².